The van der Waals surface area contributed by atoms with E-state index < -0.39 is 0 Å². The lowest BCUT2D eigenvalue weighted by molar-refractivity contribution is 0.0500. The highest BCUT2D eigenvalue weighted by atomic mass is 16.5. The van der Waals surface area contributed by atoms with E-state index >= 15 is 0 Å². The van der Waals surface area contributed by atoms with Crippen LogP contribution in [0.1, 0.15) is 35.9 Å². The molecule has 0 aliphatic rings. The number of nitriles is 2. The number of nitrogens with zero attached hydrogens (tertiary/aromatic N) is 2. The van der Waals surface area contributed by atoms with E-state index in [0.29, 0.717) is 23.7 Å². The monoisotopic (exact) mass is 320 g/mol. The Balaban J connectivity index is 2.19. The first-order valence-corrected chi connectivity index (χ1v) is 7.57. The highest BCUT2D eigenvalue weighted by Crippen LogP contribution is 2.24. The first kappa shape index (κ1) is 17.1. The quantitative estimate of drug-likeness (QED) is 0.449. The van der Waals surface area contributed by atoms with E-state index in [9.17, 15) is 4.79 Å². The zero-order valence-corrected chi connectivity index (χ0v) is 13.3. The van der Waals surface area contributed by atoms with Crippen LogP contribution in [0.2, 0.25) is 0 Å². The highest BCUT2D eigenvalue weighted by Gasteiger charge is 2.10. The van der Waals surface area contributed by atoms with Crippen LogP contribution in [-0.2, 0) is 4.74 Å². The van der Waals surface area contributed by atoms with Crippen molar-refractivity contribution in [3.8, 4) is 23.5 Å². The van der Waals surface area contributed by atoms with Crippen molar-refractivity contribution in [1.29, 1.82) is 10.5 Å². The van der Waals surface area contributed by atoms with Gasteiger partial charge in [-0.1, -0.05) is 25.5 Å². The average Bonchev–Trinajstić information content (AvgIpc) is 3.08. The van der Waals surface area contributed by atoms with Gasteiger partial charge in [0.25, 0.3) is 0 Å². The standard InChI is InChI=1S/C19H16N2O3/c1-2-3-9-23-19(22)16-6-4-5-15(11-16)18-8-7-17(24-18)10-14(12-20)13-21/h4-8,10-11H,2-3,9H2,1H3. The Kier molecular flexibility index (Phi) is 5.94. The summed E-state index contributed by atoms with van der Waals surface area (Å²) in [4.78, 5) is 12.0. The Hall–Kier alpha value is -3.31. The van der Waals surface area contributed by atoms with E-state index in [1.165, 1.54) is 6.08 Å². The fourth-order valence-corrected chi connectivity index (χ4v) is 2.01. The van der Waals surface area contributed by atoms with Crippen LogP contribution >= 0.6 is 0 Å². The number of carbonyl (C=O) groups excluding carboxylic acids is 1. The van der Waals surface area contributed by atoms with E-state index in [-0.39, 0.29) is 11.5 Å². The van der Waals surface area contributed by atoms with Crippen molar-refractivity contribution in [2.45, 2.75) is 19.8 Å². The molecule has 0 fully saturated rings. The molecule has 0 bridgehead atoms. The summed E-state index contributed by atoms with van der Waals surface area (Å²) in [7, 11) is 0. The average molecular weight is 320 g/mol. The Labute approximate surface area is 140 Å². The summed E-state index contributed by atoms with van der Waals surface area (Å²) in [6.45, 7) is 2.43. The molecule has 0 unspecified atom stereocenters. The number of furan rings is 1. The molecule has 0 atom stereocenters. The van der Waals surface area contributed by atoms with Gasteiger partial charge in [0, 0.05) is 11.6 Å². The summed E-state index contributed by atoms with van der Waals surface area (Å²) in [5, 5.41) is 17.5. The maximum Gasteiger partial charge on any atom is 0.338 e. The molecule has 24 heavy (non-hydrogen) atoms. The molecule has 5 heteroatoms. The summed E-state index contributed by atoms with van der Waals surface area (Å²) in [6.07, 6.45) is 3.16. The molecule has 0 saturated heterocycles. The van der Waals surface area contributed by atoms with Crippen LogP contribution in [0.25, 0.3) is 17.4 Å². The van der Waals surface area contributed by atoms with Gasteiger partial charge in [0.15, 0.2) is 0 Å². The summed E-state index contributed by atoms with van der Waals surface area (Å²) in [6, 6.07) is 13.9. The van der Waals surface area contributed by atoms with Crippen LogP contribution < -0.4 is 0 Å². The first-order valence-electron chi connectivity index (χ1n) is 7.57. The molecular weight excluding hydrogens is 304 g/mol. The lowest BCUT2D eigenvalue weighted by atomic mass is 10.1. The van der Waals surface area contributed by atoms with Crippen molar-refractivity contribution in [2.75, 3.05) is 6.61 Å². The number of ether oxygens (including phenoxy) is 1. The molecule has 120 valence electrons. The van der Waals surface area contributed by atoms with E-state index in [1.807, 2.05) is 13.0 Å². The molecule has 0 aliphatic heterocycles. The maximum atomic E-state index is 12.0. The van der Waals surface area contributed by atoms with Crippen LogP contribution in [0.15, 0.2) is 46.4 Å². The molecule has 1 heterocycles. The van der Waals surface area contributed by atoms with Crippen LogP contribution in [0.5, 0.6) is 0 Å². The summed E-state index contributed by atoms with van der Waals surface area (Å²) in [5.74, 6) is 0.576. The number of unbranched alkanes of at least 4 members (excludes halogenated alkanes) is 1. The number of rotatable bonds is 6. The number of hydrogen-bond acceptors (Lipinski definition) is 5. The molecule has 0 spiro atoms. The van der Waals surface area contributed by atoms with E-state index in [2.05, 4.69) is 0 Å². The largest absolute Gasteiger partial charge is 0.462 e. The fraction of sp³-hybridized carbons (Fsp3) is 0.211. The fourth-order valence-electron chi connectivity index (χ4n) is 2.01. The van der Waals surface area contributed by atoms with Crippen molar-refractivity contribution >= 4 is 12.0 Å². The summed E-state index contributed by atoms with van der Waals surface area (Å²) in [5.41, 5.74) is 1.13. The van der Waals surface area contributed by atoms with Crippen LogP contribution in [-0.4, -0.2) is 12.6 Å². The third-order valence-electron chi connectivity index (χ3n) is 3.27. The van der Waals surface area contributed by atoms with Gasteiger partial charge < -0.3 is 9.15 Å². The van der Waals surface area contributed by atoms with Crippen molar-refractivity contribution in [1.82, 2.24) is 0 Å². The normalized spacial score (nSPS) is 9.62. The van der Waals surface area contributed by atoms with E-state index in [0.717, 1.165) is 18.4 Å². The molecule has 0 N–H and O–H groups in total. The zero-order valence-electron chi connectivity index (χ0n) is 13.3. The molecule has 0 saturated carbocycles. The SMILES string of the molecule is CCCCOC(=O)c1cccc(-c2ccc(C=C(C#N)C#N)o2)c1. The molecule has 1 aromatic carbocycles. The van der Waals surface area contributed by atoms with Gasteiger partial charge in [-0.05, 0) is 30.7 Å². The highest BCUT2D eigenvalue weighted by molar-refractivity contribution is 5.90. The molecule has 2 rings (SSSR count). The Morgan fingerprint density at radius 2 is 2.04 bits per heavy atom. The Bertz CT molecular complexity index is 819. The van der Waals surface area contributed by atoms with Crippen molar-refractivity contribution < 1.29 is 13.9 Å². The van der Waals surface area contributed by atoms with Gasteiger partial charge in [0.1, 0.15) is 29.2 Å². The number of carbonyl (C=O) groups is 1. The molecule has 0 aliphatic carbocycles. The zero-order chi connectivity index (χ0) is 17.4. The van der Waals surface area contributed by atoms with Crippen LogP contribution in [0.3, 0.4) is 0 Å². The lowest BCUT2D eigenvalue weighted by Gasteiger charge is -2.05. The second-order valence-corrected chi connectivity index (χ2v) is 5.05. The number of allylic oxidation sites excluding steroid dienone is 1. The van der Waals surface area contributed by atoms with Gasteiger partial charge in [-0.25, -0.2) is 4.79 Å². The number of hydrogen-bond donors (Lipinski definition) is 0. The third-order valence-corrected chi connectivity index (χ3v) is 3.27. The van der Waals surface area contributed by atoms with Crippen molar-refractivity contribution in [3.63, 3.8) is 0 Å². The molecule has 1 aromatic heterocycles. The van der Waals surface area contributed by atoms with Gasteiger partial charge >= 0.3 is 5.97 Å². The molecule has 5 nitrogen and oxygen atoms in total. The van der Waals surface area contributed by atoms with E-state index in [4.69, 9.17) is 19.7 Å². The third kappa shape index (κ3) is 4.34. The minimum atomic E-state index is -0.367. The molecule has 0 amide bonds. The van der Waals surface area contributed by atoms with Crippen LogP contribution in [0.4, 0.5) is 0 Å². The molecular formula is C19H16N2O3. The number of benzene rings is 1. The van der Waals surface area contributed by atoms with E-state index in [1.54, 1.807) is 42.5 Å². The summed E-state index contributed by atoms with van der Waals surface area (Å²) < 4.78 is 10.8. The van der Waals surface area contributed by atoms with Gasteiger partial charge in [-0.2, -0.15) is 10.5 Å². The molecule has 2 aromatic rings. The predicted octanol–water partition coefficient (Wildman–Crippen LogP) is 4.33. The maximum absolute atomic E-state index is 12.0. The van der Waals surface area contributed by atoms with Crippen LogP contribution in [0, 0.1) is 22.7 Å². The molecule has 0 radical (unpaired) electrons. The van der Waals surface area contributed by atoms with Gasteiger partial charge in [-0.3, -0.25) is 0 Å². The van der Waals surface area contributed by atoms with Gasteiger partial charge in [0.05, 0.1) is 12.2 Å². The van der Waals surface area contributed by atoms with Gasteiger partial charge in [0.2, 0.25) is 0 Å². The Morgan fingerprint density at radius 1 is 1.25 bits per heavy atom. The first-order chi connectivity index (χ1) is 11.7. The Morgan fingerprint density at radius 3 is 2.75 bits per heavy atom. The smallest absolute Gasteiger partial charge is 0.338 e. The second-order valence-electron chi connectivity index (χ2n) is 5.05. The summed E-state index contributed by atoms with van der Waals surface area (Å²) >= 11 is 0. The lowest BCUT2D eigenvalue weighted by Crippen LogP contribution is -2.06. The number of esters is 1. The second kappa shape index (κ2) is 8.36. The minimum Gasteiger partial charge on any atom is -0.462 e. The minimum absolute atomic E-state index is 0.0378. The van der Waals surface area contributed by atoms with Gasteiger partial charge in [-0.15, -0.1) is 0 Å². The topological polar surface area (TPSA) is 87.0 Å². The van der Waals surface area contributed by atoms with Crippen molar-refractivity contribution in [2.24, 2.45) is 0 Å². The van der Waals surface area contributed by atoms with Crippen molar-refractivity contribution in [3.05, 3.63) is 53.3 Å². The predicted molar refractivity (Wildman–Crippen MR) is 88.5 cm³/mol.